The molecule has 33 heavy (non-hydrogen) atoms. The molecule has 164 valence electrons. The number of hydrogen-bond donors (Lipinski definition) is 0. The van der Waals surface area contributed by atoms with Crippen molar-refractivity contribution in [3.8, 4) is 17.1 Å². The predicted molar refractivity (Wildman–Crippen MR) is 127 cm³/mol. The molecule has 0 amide bonds. The third-order valence-corrected chi connectivity index (χ3v) is 5.78. The molecular weight excluding hydrogens is 416 g/mol. The van der Waals surface area contributed by atoms with Crippen LogP contribution in [0.15, 0.2) is 71.5 Å². The molecule has 0 aliphatic rings. The number of methoxy groups -OCH3 is 1. The van der Waals surface area contributed by atoms with E-state index < -0.39 is 5.69 Å². The number of fused-ring (bicyclic) bond motifs is 3. The van der Waals surface area contributed by atoms with E-state index in [4.69, 9.17) is 4.74 Å². The average molecular weight is 438 g/mol. The van der Waals surface area contributed by atoms with Crippen molar-refractivity contribution in [2.45, 2.75) is 20.4 Å². The SMILES string of the molecule is COc1cccc(-c2nc3c4ccccc4n(CC(=O)c4cc(C)ccc4C)c(=O)n3n2)c1. The molecular formula is C26H22N4O3. The lowest BCUT2D eigenvalue weighted by atomic mass is 10.0. The summed E-state index contributed by atoms with van der Waals surface area (Å²) in [6, 6.07) is 20.5. The van der Waals surface area contributed by atoms with Crippen LogP contribution in [0.2, 0.25) is 0 Å². The molecule has 7 heteroatoms. The number of ether oxygens (including phenoxy) is 1. The fourth-order valence-corrected chi connectivity index (χ4v) is 4.04. The van der Waals surface area contributed by atoms with E-state index in [1.54, 1.807) is 7.11 Å². The summed E-state index contributed by atoms with van der Waals surface area (Å²) in [5.74, 6) is 0.957. The highest BCUT2D eigenvalue weighted by atomic mass is 16.5. The maximum Gasteiger partial charge on any atom is 0.351 e. The Bertz CT molecular complexity index is 1600. The van der Waals surface area contributed by atoms with Gasteiger partial charge in [-0.15, -0.1) is 5.10 Å². The Labute approximate surface area is 189 Å². The van der Waals surface area contributed by atoms with E-state index in [2.05, 4.69) is 10.1 Å². The zero-order valence-corrected chi connectivity index (χ0v) is 18.6. The standard InChI is InChI=1S/C26H22N4O3/c1-16-11-12-17(2)21(13-16)23(31)15-29-22-10-5-4-9-20(22)25-27-24(28-30(25)26(29)32)18-7-6-8-19(14-18)33-3/h4-14H,15H2,1-3H3. The number of carbonyl (C=O) groups excluding carboxylic acids is 1. The highest BCUT2D eigenvalue weighted by Gasteiger charge is 2.19. The van der Waals surface area contributed by atoms with E-state index >= 15 is 0 Å². The summed E-state index contributed by atoms with van der Waals surface area (Å²) < 4.78 is 8.04. The quantitative estimate of drug-likeness (QED) is 0.384. The third kappa shape index (κ3) is 3.57. The summed E-state index contributed by atoms with van der Waals surface area (Å²) in [4.78, 5) is 31.3. The molecule has 2 aromatic heterocycles. The Balaban J connectivity index is 1.69. The van der Waals surface area contributed by atoms with Gasteiger partial charge in [-0.05, 0) is 49.7 Å². The molecule has 0 saturated carbocycles. The lowest BCUT2D eigenvalue weighted by Crippen LogP contribution is -2.30. The normalized spacial score (nSPS) is 11.2. The number of hydrogen-bond acceptors (Lipinski definition) is 5. The summed E-state index contributed by atoms with van der Waals surface area (Å²) in [7, 11) is 1.59. The van der Waals surface area contributed by atoms with E-state index in [1.807, 2.05) is 80.6 Å². The molecule has 5 rings (SSSR count). The van der Waals surface area contributed by atoms with Crippen LogP contribution >= 0.6 is 0 Å². The van der Waals surface area contributed by atoms with Crippen LogP contribution in [0.5, 0.6) is 5.75 Å². The molecule has 0 aliphatic carbocycles. The molecule has 5 aromatic rings. The second-order valence-electron chi connectivity index (χ2n) is 8.03. The van der Waals surface area contributed by atoms with E-state index in [1.165, 1.54) is 9.08 Å². The van der Waals surface area contributed by atoms with E-state index in [0.717, 1.165) is 22.1 Å². The van der Waals surface area contributed by atoms with Crippen molar-refractivity contribution in [1.29, 1.82) is 0 Å². The molecule has 7 nitrogen and oxygen atoms in total. The smallest absolute Gasteiger partial charge is 0.351 e. The van der Waals surface area contributed by atoms with Gasteiger partial charge in [0.1, 0.15) is 5.75 Å². The second kappa shape index (κ2) is 8.02. The van der Waals surface area contributed by atoms with Crippen LogP contribution in [-0.4, -0.2) is 32.1 Å². The largest absolute Gasteiger partial charge is 0.497 e. The van der Waals surface area contributed by atoms with Gasteiger partial charge in [-0.2, -0.15) is 4.52 Å². The Morgan fingerprint density at radius 2 is 1.82 bits per heavy atom. The number of para-hydroxylation sites is 1. The number of benzene rings is 3. The summed E-state index contributed by atoms with van der Waals surface area (Å²) in [5.41, 5.74) is 3.90. The van der Waals surface area contributed by atoms with Gasteiger partial charge in [0.05, 0.1) is 19.2 Å². The minimum atomic E-state index is -0.413. The van der Waals surface area contributed by atoms with Gasteiger partial charge in [0, 0.05) is 16.5 Å². The Morgan fingerprint density at radius 1 is 1.00 bits per heavy atom. The van der Waals surface area contributed by atoms with Gasteiger partial charge in [-0.25, -0.2) is 9.78 Å². The van der Waals surface area contributed by atoms with Gasteiger partial charge >= 0.3 is 5.69 Å². The number of carbonyl (C=O) groups is 1. The summed E-state index contributed by atoms with van der Waals surface area (Å²) >= 11 is 0. The fourth-order valence-electron chi connectivity index (χ4n) is 4.04. The molecule has 0 aliphatic heterocycles. The van der Waals surface area contributed by atoms with Crippen LogP contribution in [0.4, 0.5) is 0 Å². The van der Waals surface area contributed by atoms with Gasteiger partial charge in [0.25, 0.3) is 0 Å². The minimum absolute atomic E-state index is 0.0894. The molecule has 0 atom stereocenters. The first kappa shape index (κ1) is 20.6. The van der Waals surface area contributed by atoms with Crippen molar-refractivity contribution in [3.63, 3.8) is 0 Å². The average Bonchev–Trinajstić information content (AvgIpc) is 3.29. The fraction of sp³-hybridized carbons (Fsp3) is 0.154. The zero-order valence-electron chi connectivity index (χ0n) is 18.6. The highest BCUT2D eigenvalue weighted by Crippen LogP contribution is 2.24. The van der Waals surface area contributed by atoms with Crippen molar-refractivity contribution in [1.82, 2.24) is 19.2 Å². The molecule has 0 saturated heterocycles. The summed E-state index contributed by atoms with van der Waals surface area (Å²) in [5, 5.41) is 5.23. The van der Waals surface area contributed by atoms with Gasteiger partial charge in [0.2, 0.25) is 0 Å². The van der Waals surface area contributed by atoms with Crippen molar-refractivity contribution >= 4 is 22.3 Å². The van der Waals surface area contributed by atoms with Crippen LogP contribution in [-0.2, 0) is 6.54 Å². The van der Waals surface area contributed by atoms with Gasteiger partial charge in [0.15, 0.2) is 17.3 Å². The summed E-state index contributed by atoms with van der Waals surface area (Å²) in [6.45, 7) is 3.75. The van der Waals surface area contributed by atoms with Gasteiger partial charge < -0.3 is 4.74 Å². The molecule has 2 heterocycles. The number of nitrogens with zero attached hydrogens (tertiary/aromatic N) is 4. The highest BCUT2D eigenvalue weighted by molar-refractivity contribution is 5.99. The Morgan fingerprint density at radius 3 is 2.64 bits per heavy atom. The number of aryl methyl sites for hydroxylation is 2. The Hall–Kier alpha value is -4.26. The molecule has 0 radical (unpaired) electrons. The maximum absolute atomic E-state index is 13.5. The van der Waals surface area contributed by atoms with Crippen molar-refractivity contribution in [2.75, 3.05) is 7.11 Å². The molecule has 0 spiro atoms. The first-order chi connectivity index (χ1) is 16.0. The van der Waals surface area contributed by atoms with Gasteiger partial charge in [-0.3, -0.25) is 9.36 Å². The predicted octanol–water partition coefficient (Wildman–Crippen LogP) is 4.22. The second-order valence-corrected chi connectivity index (χ2v) is 8.03. The summed E-state index contributed by atoms with van der Waals surface area (Å²) in [6.07, 6.45) is 0. The van der Waals surface area contributed by atoms with Crippen LogP contribution in [0.25, 0.3) is 27.9 Å². The Kier molecular flexibility index (Phi) is 5.01. The van der Waals surface area contributed by atoms with Crippen LogP contribution in [0, 0.1) is 13.8 Å². The van der Waals surface area contributed by atoms with Crippen molar-refractivity contribution in [2.24, 2.45) is 0 Å². The maximum atomic E-state index is 13.5. The topological polar surface area (TPSA) is 78.5 Å². The number of rotatable bonds is 5. The molecule has 0 N–H and O–H groups in total. The third-order valence-electron chi connectivity index (χ3n) is 5.78. The van der Waals surface area contributed by atoms with E-state index in [-0.39, 0.29) is 12.3 Å². The monoisotopic (exact) mass is 438 g/mol. The van der Waals surface area contributed by atoms with Crippen LogP contribution < -0.4 is 10.4 Å². The number of Topliss-reactive ketones (excluding diaryl/α,β-unsaturated/α-hetero) is 1. The lowest BCUT2D eigenvalue weighted by molar-refractivity contribution is 0.0971. The number of ketones is 1. The van der Waals surface area contributed by atoms with Crippen molar-refractivity contribution in [3.05, 3.63) is 93.9 Å². The molecule has 0 unspecified atom stereocenters. The van der Waals surface area contributed by atoms with Gasteiger partial charge in [-0.1, -0.05) is 42.0 Å². The molecule has 0 bridgehead atoms. The lowest BCUT2D eigenvalue weighted by Gasteiger charge is -2.12. The molecule has 3 aromatic carbocycles. The molecule has 0 fully saturated rings. The van der Waals surface area contributed by atoms with Crippen LogP contribution in [0.3, 0.4) is 0 Å². The number of aromatic nitrogens is 4. The first-order valence-electron chi connectivity index (χ1n) is 10.6. The zero-order chi connectivity index (χ0) is 23.1. The van der Waals surface area contributed by atoms with Crippen molar-refractivity contribution < 1.29 is 9.53 Å². The first-order valence-corrected chi connectivity index (χ1v) is 10.6. The minimum Gasteiger partial charge on any atom is -0.497 e. The van der Waals surface area contributed by atoms with E-state index in [9.17, 15) is 9.59 Å². The van der Waals surface area contributed by atoms with Crippen LogP contribution in [0.1, 0.15) is 21.5 Å². The van der Waals surface area contributed by atoms with E-state index in [0.29, 0.717) is 28.3 Å².